The Morgan fingerprint density at radius 2 is 1.61 bits per heavy atom. The third kappa shape index (κ3) is 4.38. The molecule has 0 atom stereocenters. The number of amides is 3. The Morgan fingerprint density at radius 3 is 2.27 bits per heavy atom. The highest BCUT2D eigenvalue weighted by atomic mass is 35.5. The molecule has 1 aliphatic heterocycles. The smallest absolute Gasteiger partial charge is 0.282 e. The zero-order valence-corrected chi connectivity index (χ0v) is 19.2. The minimum Gasteiger partial charge on any atom is -0.350 e. The van der Waals surface area contributed by atoms with E-state index >= 15 is 0 Å². The highest BCUT2D eigenvalue weighted by molar-refractivity contribution is 6.46. The molecule has 6 nitrogen and oxygen atoms in total. The fraction of sp³-hybridized carbons (Fsp3) is 0.115. The van der Waals surface area contributed by atoms with Crippen LogP contribution in [0.4, 0.5) is 17.1 Å². The molecule has 0 aromatic heterocycles. The lowest BCUT2D eigenvalue weighted by atomic mass is 10.0. The van der Waals surface area contributed by atoms with Gasteiger partial charge in [0.1, 0.15) is 5.70 Å². The zero-order chi connectivity index (χ0) is 23.7. The van der Waals surface area contributed by atoms with Gasteiger partial charge >= 0.3 is 0 Å². The largest absolute Gasteiger partial charge is 0.350 e. The van der Waals surface area contributed by atoms with Crippen LogP contribution in [0.3, 0.4) is 0 Å². The molecule has 0 aliphatic carbocycles. The molecule has 33 heavy (non-hydrogen) atoms. The van der Waals surface area contributed by atoms with E-state index in [0.29, 0.717) is 27.6 Å². The van der Waals surface area contributed by atoms with Crippen molar-refractivity contribution in [2.75, 3.05) is 15.5 Å². The fourth-order valence-corrected chi connectivity index (χ4v) is 3.89. The number of rotatable bonds is 5. The van der Waals surface area contributed by atoms with E-state index in [4.69, 9.17) is 11.6 Å². The number of carbonyl (C=O) groups excluding carboxylic acids is 3. The van der Waals surface area contributed by atoms with Crippen molar-refractivity contribution in [3.8, 4) is 0 Å². The van der Waals surface area contributed by atoms with Crippen LogP contribution in [-0.4, -0.2) is 17.7 Å². The van der Waals surface area contributed by atoms with Crippen molar-refractivity contribution in [3.05, 3.63) is 94.1 Å². The van der Waals surface area contributed by atoms with Gasteiger partial charge in [-0.3, -0.25) is 14.4 Å². The van der Waals surface area contributed by atoms with Gasteiger partial charge in [0.05, 0.1) is 11.3 Å². The van der Waals surface area contributed by atoms with Crippen LogP contribution in [0.5, 0.6) is 0 Å². The summed E-state index contributed by atoms with van der Waals surface area (Å²) in [6, 6.07) is 19.4. The van der Waals surface area contributed by atoms with Crippen LogP contribution in [0.1, 0.15) is 23.6 Å². The van der Waals surface area contributed by atoms with Gasteiger partial charge in [-0.1, -0.05) is 41.9 Å². The molecule has 3 amide bonds. The summed E-state index contributed by atoms with van der Waals surface area (Å²) in [6.45, 7) is 5.16. The maximum atomic E-state index is 13.6. The molecule has 3 aromatic rings. The Morgan fingerprint density at radius 1 is 0.909 bits per heavy atom. The van der Waals surface area contributed by atoms with E-state index < -0.39 is 11.8 Å². The number of hydrogen-bond donors (Lipinski definition) is 2. The summed E-state index contributed by atoms with van der Waals surface area (Å²) in [5.74, 6) is -1.08. The van der Waals surface area contributed by atoms with Crippen LogP contribution in [0.2, 0.25) is 5.02 Å². The minimum absolute atomic E-state index is 0.166. The molecule has 1 aliphatic rings. The van der Waals surface area contributed by atoms with Crippen LogP contribution in [0.15, 0.2) is 72.4 Å². The topological polar surface area (TPSA) is 78.5 Å². The fourth-order valence-electron chi connectivity index (χ4n) is 3.72. The maximum Gasteiger partial charge on any atom is 0.282 e. The van der Waals surface area contributed by atoms with Gasteiger partial charge in [-0.15, -0.1) is 0 Å². The second kappa shape index (κ2) is 8.92. The summed E-state index contributed by atoms with van der Waals surface area (Å²) in [7, 11) is 0. The molecule has 0 saturated heterocycles. The Bertz CT molecular complexity index is 1310. The molecule has 4 rings (SSSR count). The molecule has 1 heterocycles. The molecule has 7 heteroatoms. The van der Waals surface area contributed by atoms with Crippen LogP contribution >= 0.6 is 11.6 Å². The number of imide groups is 1. The van der Waals surface area contributed by atoms with Crippen molar-refractivity contribution in [2.45, 2.75) is 20.8 Å². The molecule has 166 valence electrons. The van der Waals surface area contributed by atoms with Gasteiger partial charge in [0.2, 0.25) is 5.91 Å². The van der Waals surface area contributed by atoms with Gasteiger partial charge in [0, 0.05) is 23.3 Å². The van der Waals surface area contributed by atoms with E-state index in [-0.39, 0.29) is 17.2 Å². The summed E-state index contributed by atoms with van der Waals surface area (Å²) < 4.78 is 0. The molecule has 2 N–H and O–H groups in total. The van der Waals surface area contributed by atoms with E-state index in [9.17, 15) is 14.4 Å². The monoisotopic (exact) mass is 459 g/mol. The highest BCUT2D eigenvalue weighted by Gasteiger charge is 2.40. The second-order valence-corrected chi connectivity index (χ2v) is 8.24. The lowest BCUT2D eigenvalue weighted by Gasteiger charge is -2.16. The lowest BCUT2D eigenvalue weighted by molar-refractivity contribution is -0.120. The molecule has 0 bridgehead atoms. The second-order valence-electron chi connectivity index (χ2n) is 7.83. The first kappa shape index (κ1) is 22.3. The number of carbonyl (C=O) groups is 3. The summed E-state index contributed by atoms with van der Waals surface area (Å²) in [4.78, 5) is 39.6. The Hall–Kier alpha value is -3.90. The summed E-state index contributed by atoms with van der Waals surface area (Å²) >= 11 is 6.27. The third-order valence-electron chi connectivity index (χ3n) is 5.37. The Kier molecular flexibility index (Phi) is 6.03. The minimum atomic E-state index is -0.453. The first-order valence-electron chi connectivity index (χ1n) is 10.4. The van der Waals surface area contributed by atoms with Crippen molar-refractivity contribution in [1.29, 1.82) is 0 Å². The Balaban J connectivity index is 1.82. The molecule has 0 unspecified atom stereocenters. The first-order chi connectivity index (χ1) is 15.8. The van der Waals surface area contributed by atoms with E-state index in [1.54, 1.807) is 60.7 Å². The standard InChI is InChI=1S/C26H22ClN3O3/c1-15-6-4-7-20(14-15)30-25(32)23(18-10-12-19(13-11-18)28-17(3)31)24(26(30)33)29-22-9-5-8-21(27)16(22)2/h4-14,29H,1-3H3,(H,28,31). The van der Waals surface area contributed by atoms with E-state index in [1.165, 1.54) is 11.8 Å². The normalized spacial score (nSPS) is 13.5. The average molecular weight is 460 g/mol. The number of anilines is 3. The SMILES string of the molecule is CC(=O)Nc1ccc(C2=C(Nc3cccc(Cl)c3C)C(=O)N(c3cccc(C)c3)C2=O)cc1. The van der Waals surface area contributed by atoms with Crippen molar-refractivity contribution in [3.63, 3.8) is 0 Å². The highest BCUT2D eigenvalue weighted by Crippen LogP contribution is 2.35. The third-order valence-corrected chi connectivity index (χ3v) is 5.77. The average Bonchev–Trinajstić information content (AvgIpc) is 3.01. The first-order valence-corrected chi connectivity index (χ1v) is 10.7. The number of nitrogens with one attached hydrogen (secondary N) is 2. The molecule has 0 spiro atoms. The zero-order valence-electron chi connectivity index (χ0n) is 18.4. The van der Waals surface area contributed by atoms with Gasteiger partial charge in [0.25, 0.3) is 11.8 Å². The maximum absolute atomic E-state index is 13.6. The van der Waals surface area contributed by atoms with Gasteiger partial charge < -0.3 is 10.6 Å². The number of nitrogens with zero attached hydrogens (tertiary/aromatic N) is 1. The number of aryl methyl sites for hydroxylation is 1. The lowest BCUT2D eigenvalue weighted by Crippen LogP contribution is -2.32. The van der Waals surface area contributed by atoms with Crippen LogP contribution < -0.4 is 15.5 Å². The molecule has 0 fully saturated rings. The number of hydrogen-bond acceptors (Lipinski definition) is 4. The van der Waals surface area contributed by atoms with Gasteiger partial charge in [-0.2, -0.15) is 0 Å². The summed E-state index contributed by atoms with van der Waals surface area (Å²) in [5.41, 5.74) is 4.39. The van der Waals surface area contributed by atoms with E-state index in [0.717, 1.165) is 11.1 Å². The van der Waals surface area contributed by atoms with Gasteiger partial charge in [-0.05, 0) is 66.9 Å². The van der Waals surface area contributed by atoms with Crippen molar-refractivity contribution < 1.29 is 14.4 Å². The molecule has 0 saturated carbocycles. The molecule has 0 radical (unpaired) electrons. The Labute approximate surface area is 196 Å². The molecular weight excluding hydrogens is 438 g/mol. The predicted octanol–water partition coefficient (Wildman–Crippen LogP) is 5.31. The van der Waals surface area contributed by atoms with Crippen LogP contribution in [-0.2, 0) is 14.4 Å². The van der Waals surface area contributed by atoms with Gasteiger partial charge in [-0.25, -0.2) is 4.90 Å². The van der Waals surface area contributed by atoms with Crippen LogP contribution in [0.25, 0.3) is 5.57 Å². The van der Waals surface area contributed by atoms with E-state index in [1.807, 2.05) is 19.9 Å². The van der Waals surface area contributed by atoms with Gasteiger partial charge in [0.15, 0.2) is 0 Å². The van der Waals surface area contributed by atoms with Crippen molar-refractivity contribution >= 4 is 52.0 Å². The number of benzene rings is 3. The summed E-state index contributed by atoms with van der Waals surface area (Å²) in [6.07, 6.45) is 0. The van der Waals surface area contributed by atoms with Crippen molar-refractivity contribution in [2.24, 2.45) is 0 Å². The quantitative estimate of drug-likeness (QED) is 0.507. The van der Waals surface area contributed by atoms with Crippen molar-refractivity contribution in [1.82, 2.24) is 0 Å². The predicted molar refractivity (Wildman–Crippen MR) is 131 cm³/mol. The van der Waals surface area contributed by atoms with Crippen LogP contribution in [0, 0.1) is 13.8 Å². The van der Waals surface area contributed by atoms with E-state index in [2.05, 4.69) is 10.6 Å². The summed E-state index contributed by atoms with van der Waals surface area (Å²) in [5, 5.41) is 6.40. The molecular formula is C26H22ClN3O3. The molecule has 3 aromatic carbocycles. The number of halogens is 1.